The summed E-state index contributed by atoms with van der Waals surface area (Å²) in [7, 11) is 3.37. The molecule has 0 spiro atoms. The highest BCUT2D eigenvalue weighted by atomic mass is 19.1. The Morgan fingerprint density at radius 2 is 1.93 bits per heavy atom. The molecule has 0 atom stereocenters. The first kappa shape index (κ1) is 27.0. The second-order valence-electron chi connectivity index (χ2n) is 9.71. The number of benzene rings is 2. The number of hydrogen-bond donors (Lipinski definition) is 1. The maximum absolute atomic E-state index is 14.2. The molecule has 9 nitrogen and oxygen atoms in total. The van der Waals surface area contributed by atoms with Crippen LogP contribution < -0.4 is 9.47 Å². The lowest BCUT2D eigenvalue weighted by Gasteiger charge is -2.31. The van der Waals surface area contributed by atoms with Gasteiger partial charge in [-0.3, -0.25) is 4.90 Å². The number of imidazole rings is 1. The third-order valence-corrected chi connectivity index (χ3v) is 7.26. The fourth-order valence-electron chi connectivity index (χ4n) is 4.99. The standard InChI is InChI=1S/C29H27F2N5O4/c1-35-24-12-18(29(37)38)13-25(39-2)28(24)34-26(35)15-36-8-6-17(7-9-36)23-4-3-5-27(33-23)40-16-20-11-21(30)19(14-32)10-22(20)31/h3-5,10-13,17H,6-9,15-16H2,1-2H3,(H,37,38). The third kappa shape index (κ3) is 5.44. The molecule has 1 saturated heterocycles. The zero-order valence-corrected chi connectivity index (χ0v) is 22.0. The molecule has 1 aliphatic heterocycles. The monoisotopic (exact) mass is 547 g/mol. The van der Waals surface area contributed by atoms with Gasteiger partial charge in [0, 0.05) is 30.3 Å². The maximum atomic E-state index is 14.2. The smallest absolute Gasteiger partial charge is 0.335 e. The molecular weight excluding hydrogens is 520 g/mol. The van der Waals surface area contributed by atoms with Crippen LogP contribution in [0.1, 0.15) is 51.8 Å². The number of nitriles is 1. The van der Waals surface area contributed by atoms with Crippen molar-refractivity contribution < 1.29 is 28.2 Å². The highest BCUT2D eigenvalue weighted by Gasteiger charge is 2.24. The molecule has 11 heteroatoms. The fraction of sp³-hybridized carbons (Fsp3) is 0.310. The molecular formula is C29H27F2N5O4. The zero-order chi connectivity index (χ0) is 28.4. The molecule has 4 aromatic rings. The lowest BCUT2D eigenvalue weighted by molar-refractivity contribution is 0.0696. The summed E-state index contributed by atoms with van der Waals surface area (Å²) in [6.45, 7) is 2.02. The molecule has 3 heterocycles. The van der Waals surface area contributed by atoms with Crippen molar-refractivity contribution in [1.29, 1.82) is 5.26 Å². The first-order valence-corrected chi connectivity index (χ1v) is 12.7. The summed E-state index contributed by atoms with van der Waals surface area (Å²) in [5, 5.41) is 18.3. The predicted molar refractivity (Wildman–Crippen MR) is 141 cm³/mol. The normalized spacial score (nSPS) is 14.3. The van der Waals surface area contributed by atoms with E-state index in [9.17, 15) is 18.7 Å². The number of aromatic nitrogens is 3. The number of methoxy groups -OCH3 is 1. The van der Waals surface area contributed by atoms with E-state index in [2.05, 4.69) is 9.88 Å². The van der Waals surface area contributed by atoms with Crippen LogP contribution in [-0.4, -0.2) is 50.7 Å². The van der Waals surface area contributed by atoms with Crippen LogP contribution in [0.2, 0.25) is 0 Å². The van der Waals surface area contributed by atoms with E-state index in [1.165, 1.54) is 13.2 Å². The summed E-state index contributed by atoms with van der Waals surface area (Å²) >= 11 is 0. The van der Waals surface area contributed by atoms with Crippen LogP contribution in [0.15, 0.2) is 42.5 Å². The van der Waals surface area contributed by atoms with E-state index in [1.54, 1.807) is 18.2 Å². The molecule has 0 radical (unpaired) electrons. The number of ether oxygens (including phenoxy) is 2. The fourth-order valence-corrected chi connectivity index (χ4v) is 4.99. The van der Waals surface area contributed by atoms with E-state index in [-0.39, 0.29) is 29.2 Å². The number of pyridine rings is 1. The molecule has 5 rings (SSSR count). The first-order valence-electron chi connectivity index (χ1n) is 12.7. The van der Waals surface area contributed by atoms with Crippen LogP contribution in [0.25, 0.3) is 11.0 Å². The van der Waals surface area contributed by atoms with Gasteiger partial charge in [-0.05, 0) is 56.3 Å². The quantitative estimate of drug-likeness (QED) is 0.335. The number of aromatic carboxylic acids is 1. The number of likely N-dealkylation sites (tertiary alicyclic amines) is 1. The van der Waals surface area contributed by atoms with Gasteiger partial charge in [0.2, 0.25) is 5.88 Å². The van der Waals surface area contributed by atoms with Crippen LogP contribution in [0, 0.1) is 23.0 Å². The van der Waals surface area contributed by atoms with Crippen LogP contribution in [-0.2, 0) is 20.2 Å². The molecule has 0 unspecified atom stereocenters. The van der Waals surface area contributed by atoms with Crippen LogP contribution in [0.3, 0.4) is 0 Å². The lowest BCUT2D eigenvalue weighted by atomic mass is 9.93. The summed E-state index contributed by atoms with van der Waals surface area (Å²) < 4.78 is 41.0. The minimum Gasteiger partial charge on any atom is -0.494 e. The van der Waals surface area contributed by atoms with E-state index in [1.807, 2.05) is 23.7 Å². The van der Waals surface area contributed by atoms with Crippen LogP contribution in [0.5, 0.6) is 11.6 Å². The van der Waals surface area contributed by atoms with E-state index in [0.717, 1.165) is 49.6 Å². The Kier molecular flexibility index (Phi) is 7.62. The van der Waals surface area contributed by atoms with Gasteiger partial charge in [-0.1, -0.05) is 6.07 Å². The Labute approximate surface area is 229 Å². The summed E-state index contributed by atoms with van der Waals surface area (Å²) in [6, 6.07) is 12.0. The molecule has 0 amide bonds. The van der Waals surface area contributed by atoms with Crippen molar-refractivity contribution in [2.24, 2.45) is 7.05 Å². The Bertz CT molecular complexity index is 1620. The number of carboxylic acid groups (broad SMARTS) is 1. The van der Waals surface area contributed by atoms with Crippen molar-refractivity contribution in [1.82, 2.24) is 19.4 Å². The predicted octanol–water partition coefficient (Wildman–Crippen LogP) is 4.78. The van der Waals surface area contributed by atoms with Gasteiger partial charge in [0.25, 0.3) is 0 Å². The number of carboxylic acids is 1. The Morgan fingerprint density at radius 3 is 2.62 bits per heavy atom. The number of aryl methyl sites for hydroxylation is 1. The Hall–Kier alpha value is -4.56. The van der Waals surface area contributed by atoms with Gasteiger partial charge < -0.3 is 19.1 Å². The number of hydrogen-bond acceptors (Lipinski definition) is 7. The second kappa shape index (κ2) is 11.3. The Balaban J connectivity index is 1.22. The number of fused-ring (bicyclic) bond motifs is 1. The van der Waals surface area contributed by atoms with Gasteiger partial charge in [0.1, 0.15) is 41.4 Å². The molecule has 2 aromatic heterocycles. The van der Waals surface area contributed by atoms with Crippen molar-refractivity contribution in [2.45, 2.75) is 31.9 Å². The molecule has 40 heavy (non-hydrogen) atoms. The average Bonchev–Trinajstić information content (AvgIpc) is 3.28. The van der Waals surface area contributed by atoms with E-state index in [0.29, 0.717) is 29.2 Å². The minimum absolute atomic E-state index is 0.00996. The van der Waals surface area contributed by atoms with Crippen molar-refractivity contribution in [3.8, 4) is 17.7 Å². The number of halogens is 2. The molecule has 1 aliphatic rings. The summed E-state index contributed by atoms with van der Waals surface area (Å²) in [5.74, 6) is -0.754. The van der Waals surface area contributed by atoms with Gasteiger partial charge >= 0.3 is 5.97 Å². The van der Waals surface area contributed by atoms with E-state index in [4.69, 9.17) is 19.7 Å². The van der Waals surface area contributed by atoms with Crippen molar-refractivity contribution in [2.75, 3.05) is 20.2 Å². The summed E-state index contributed by atoms with van der Waals surface area (Å²) in [5.41, 5.74) is 2.01. The number of piperidine rings is 1. The Morgan fingerprint density at radius 1 is 1.15 bits per heavy atom. The SMILES string of the molecule is COc1cc(C(=O)O)cc2c1nc(CN1CCC(c3cccc(OCc4cc(F)c(C#N)cc4F)n3)CC1)n2C. The number of rotatable bonds is 8. The van der Waals surface area contributed by atoms with Gasteiger partial charge in [-0.25, -0.2) is 23.5 Å². The van der Waals surface area contributed by atoms with Crippen molar-refractivity contribution in [3.05, 3.63) is 82.3 Å². The highest BCUT2D eigenvalue weighted by Crippen LogP contribution is 2.31. The topological polar surface area (TPSA) is 114 Å². The lowest BCUT2D eigenvalue weighted by Crippen LogP contribution is -2.33. The van der Waals surface area contributed by atoms with E-state index < -0.39 is 17.6 Å². The molecule has 1 N–H and O–H groups in total. The molecule has 1 fully saturated rings. The summed E-state index contributed by atoms with van der Waals surface area (Å²) in [4.78, 5) is 23.2. The van der Waals surface area contributed by atoms with Gasteiger partial charge in [0.05, 0.1) is 30.3 Å². The number of nitrogens with zero attached hydrogens (tertiary/aromatic N) is 5. The molecule has 0 saturated carbocycles. The largest absolute Gasteiger partial charge is 0.494 e. The minimum atomic E-state index is -1.02. The van der Waals surface area contributed by atoms with Gasteiger partial charge in [0.15, 0.2) is 0 Å². The van der Waals surface area contributed by atoms with E-state index >= 15 is 0 Å². The molecule has 0 bridgehead atoms. The third-order valence-electron chi connectivity index (χ3n) is 7.26. The van der Waals surface area contributed by atoms with Crippen LogP contribution >= 0.6 is 0 Å². The molecule has 0 aliphatic carbocycles. The van der Waals surface area contributed by atoms with Gasteiger partial charge in [-0.2, -0.15) is 5.26 Å². The molecule has 206 valence electrons. The van der Waals surface area contributed by atoms with Crippen molar-refractivity contribution >= 4 is 17.0 Å². The first-order chi connectivity index (χ1) is 19.3. The maximum Gasteiger partial charge on any atom is 0.335 e. The van der Waals surface area contributed by atoms with Crippen LogP contribution in [0.4, 0.5) is 8.78 Å². The number of carbonyl (C=O) groups is 1. The van der Waals surface area contributed by atoms with Gasteiger partial charge in [-0.15, -0.1) is 0 Å². The summed E-state index contributed by atoms with van der Waals surface area (Å²) in [6.07, 6.45) is 1.73. The average molecular weight is 548 g/mol. The highest BCUT2D eigenvalue weighted by molar-refractivity contribution is 5.95. The van der Waals surface area contributed by atoms with Crippen molar-refractivity contribution in [3.63, 3.8) is 0 Å². The zero-order valence-electron chi connectivity index (χ0n) is 22.0. The molecule has 2 aromatic carbocycles. The second-order valence-corrected chi connectivity index (χ2v) is 9.71.